The number of aromatic nitrogens is 2. The van der Waals surface area contributed by atoms with Crippen molar-refractivity contribution in [2.45, 2.75) is 19.6 Å². The Bertz CT molecular complexity index is 659. The standard InChI is InChI=1S/C15H17N3O2S/c1-18-14-6-7-20-10-12(14)13(17-18)9-16-15(19)5-4-11-3-2-8-21-11/h2-5,8H,6-7,9-10H2,1H3,(H,16,19)/b5-4+. The summed E-state index contributed by atoms with van der Waals surface area (Å²) in [5, 5.41) is 9.33. The molecule has 0 unspecified atom stereocenters. The van der Waals surface area contributed by atoms with Gasteiger partial charge in [-0.05, 0) is 17.5 Å². The van der Waals surface area contributed by atoms with Crippen molar-refractivity contribution in [2.75, 3.05) is 6.61 Å². The third kappa shape index (κ3) is 3.22. The third-order valence-corrected chi connectivity index (χ3v) is 4.30. The Morgan fingerprint density at radius 1 is 1.62 bits per heavy atom. The highest BCUT2D eigenvalue weighted by molar-refractivity contribution is 7.10. The van der Waals surface area contributed by atoms with Gasteiger partial charge in [0.1, 0.15) is 0 Å². The average molecular weight is 303 g/mol. The molecule has 1 N–H and O–H groups in total. The van der Waals surface area contributed by atoms with E-state index in [2.05, 4.69) is 10.4 Å². The minimum absolute atomic E-state index is 0.112. The topological polar surface area (TPSA) is 56.2 Å². The number of nitrogens with zero attached hydrogens (tertiary/aromatic N) is 2. The van der Waals surface area contributed by atoms with Gasteiger partial charge in [0, 0.05) is 35.7 Å². The summed E-state index contributed by atoms with van der Waals surface area (Å²) in [6.07, 6.45) is 4.25. The number of thiophene rings is 1. The van der Waals surface area contributed by atoms with E-state index >= 15 is 0 Å². The summed E-state index contributed by atoms with van der Waals surface area (Å²) < 4.78 is 7.36. The van der Waals surface area contributed by atoms with Crippen LogP contribution in [0.1, 0.15) is 21.8 Å². The number of rotatable bonds is 4. The summed E-state index contributed by atoms with van der Waals surface area (Å²) in [4.78, 5) is 12.9. The highest BCUT2D eigenvalue weighted by atomic mass is 32.1. The van der Waals surface area contributed by atoms with Gasteiger partial charge in [0.2, 0.25) is 5.91 Å². The molecule has 1 aliphatic heterocycles. The zero-order valence-corrected chi connectivity index (χ0v) is 12.7. The molecule has 1 aliphatic rings. The summed E-state index contributed by atoms with van der Waals surface area (Å²) in [6.45, 7) is 1.75. The van der Waals surface area contributed by atoms with Gasteiger partial charge >= 0.3 is 0 Å². The van der Waals surface area contributed by atoms with Crippen LogP contribution in [0.25, 0.3) is 6.08 Å². The quantitative estimate of drug-likeness (QED) is 0.878. The molecule has 2 aromatic heterocycles. The number of carbonyl (C=O) groups is 1. The van der Waals surface area contributed by atoms with Gasteiger partial charge in [-0.3, -0.25) is 9.48 Å². The number of ether oxygens (including phenoxy) is 1. The summed E-state index contributed by atoms with van der Waals surface area (Å²) in [5.41, 5.74) is 3.22. The van der Waals surface area contributed by atoms with Gasteiger partial charge in [-0.25, -0.2) is 0 Å². The maximum atomic E-state index is 11.8. The Hall–Kier alpha value is -1.92. The van der Waals surface area contributed by atoms with E-state index in [0.29, 0.717) is 13.2 Å². The number of fused-ring (bicyclic) bond motifs is 1. The molecule has 0 spiro atoms. The van der Waals surface area contributed by atoms with E-state index < -0.39 is 0 Å². The number of amides is 1. The van der Waals surface area contributed by atoms with E-state index in [1.54, 1.807) is 17.4 Å². The molecule has 21 heavy (non-hydrogen) atoms. The van der Waals surface area contributed by atoms with Crippen molar-refractivity contribution in [3.8, 4) is 0 Å². The van der Waals surface area contributed by atoms with Crippen LogP contribution in [0, 0.1) is 0 Å². The van der Waals surface area contributed by atoms with Crippen molar-refractivity contribution in [1.29, 1.82) is 0 Å². The Morgan fingerprint density at radius 3 is 3.33 bits per heavy atom. The Balaban J connectivity index is 1.61. The van der Waals surface area contributed by atoms with Gasteiger partial charge in [0.05, 0.1) is 25.5 Å². The lowest BCUT2D eigenvalue weighted by Gasteiger charge is -2.13. The van der Waals surface area contributed by atoms with Gasteiger partial charge in [0.15, 0.2) is 0 Å². The normalized spacial score (nSPS) is 14.3. The van der Waals surface area contributed by atoms with Crippen LogP contribution in [0.5, 0.6) is 0 Å². The second kappa shape index (κ2) is 6.24. The summed E-state index contributed by atoms with van der Waals surface area (Å²) in [6, 6.07) is 3.93. The first kappa shape index (κ1) is 14.0. The number of hydrogen-bond acceptors (Lipinski definition) is 4. The molecule has 3 heterocycles. The minimum atomic E-state index is -0.112. The van der Waals surface area contributed by atoms with E-state index in [9.17, 15) is 4.79 Å². The van der Waals surface area contributed by atoms with Crippen molar-refractivity contribution >= 4 is 23.3 Å². The monoisotopic (exact) mass is 303 g/mol. The summed E-state index contributed by atoms with van der Waals surface area (Å²) >= 11 is 1.60. The molecular formula is C15H17N3O2S. The number of hydrogen-bond donors (Lipinski definition) is 1. The zero-order valence-electron chi connectivity index (χ0n) is 11.8. The fraction of sp³-hybridized carbons (Fsp3) is 0.333. The lowest BCUT2D eigenvalue weighted by atomic mass is 10.1. The molecule has 0 aromatic carbocycles. The van der Waals surface area contributed by atoms with Crippen molar-refractivity contribution in [3.05, 3.63) is 45.4 Å². The molecule has 3 rings (SSSR count). The molecule has 0 saturated heterocycles. The van der Waals surface area contributed by atoms with Crippen molar-refractivity contribution in [2.24, 2.45) is 7.05 Å². The zero-order chi connectivity index (χ0) is 14.7. The highest BCUT2D eigenvalue weighted by Crippen LogP contribution is 2.19. The predicted molar refractivity (Wildman–Crippen MR) is 81.8 cm³/mol. The first-order valence-electron chi connectivity index (χ1n) is 6.85. The third-order valence-electron chi connectivity index (χ3n) is 3.46. The largest absolute Gasteiger partial charge is 0.376 e. The van der Waals surface area contributed by atoms with Crippen LogP contribution in [0.3, 0.4) is 0 Å². The van der Waals surface area contributed by atoms with Crippen molar-refractivity contribution in [3.63, 3.8) is 0 Å². The first-order chi connectivity index (χ1) is 10.2. The van der Waals surface area contributed by atoms with Crippen LogP contribution >= 0.6 is 11.3 Å². The molecule has 0 aliphatic carbocycles. The molecule has 0 fully saturated rings. The second-order valence-corrected chi connectivity index (χ2v) is 5.84. The number of carbonyl (C=O) groups excluding carboxylic acids is 1. The molecule has 0 bridgehead atoms. The fourth-order valence-electron chi connectivity index (χ4n) is 2.40. The van der Waals surface area contributed by atoms with Crippen LogP contribution in [0.2, 0.25) is 0 Å². The molecule has 2 aromatic rings. The second-order valence-electron chi connectivity index (χ2n) is 4.86. The van der Waals surface area contributed by atoms with Crippen LogP contribution in [-0.2, 0) is 36.2 Å². The van der Waals surface area contributed by atoms with Crippen molar-refractivity contribution in [1.82, 2.24) is 15.1 Å². The predicted octanol–water partition coefficient (Wildman–Crippen LogP) is 1.88. The van der Waals surface area contributed by atoms with E-state index in [1.165, 1.54) is 5.69 Å². The number of nitrogens with one attached hydrogen (secondary N) is 1. The summed E-state index contributed by atoms with van der Waals surface area (Å²) in [5.74, 6) is -0.112. The maximum Gasteiger partial charge on any atom is 0.244 e. The molecular weight excluding hydrogens is 286 g/mol. The highest BCUT2D eigenvalue weighted by Gasteiger charge is 2.19. The maximum absolute atomic E-state index is 11.8. The molecule has 5 nitrogen and oxygen atoms in total. The van der Waals surface area contributed by atoms with Crippen LogP contribution in [0.15, 0.2) is 23.6 Å². The molecule has 1 amide bonds. The SMILES string of the molecule is Cn1nc(CNC(=O)/C=C/c2cccs2)c2c1CCOC2. The van der Waals surface area contributed by atoms with Crippen LogP contribution < -0.4 is 5.32 Å². The van der Waals surface area contributed by atoms with Gasteiger partial charge in [-0.15, -0.1) is 11.3 Å². The van der Waals surface area contributed by atoms with E-state index in [1.807, 2.05) is 35.3 Å². The lowest BCUT2D eigenvalue weighted by Crippen LogP contribution is -2.21. The minimum Gasteiger partial charge on any atom is -0.376 e. The number of aryl methyl sites for hydroxylation is 1. The van der Waals surface area contributed by atoms with Gasteiger partial charge in [-0.1, -0.05) is 6.07 Å². The summed E-state index contributed by atoms with van der Waals surface area (Å²) in [7, 11) is 1.94. The first-order valence-corrected chi connectivity index (χ1v) is 7.73. The molecule has 0 radical (unpaired) electrons. The average Bonchev–Trinajstić information content (AvgIpc) is 3.12. The molecule has 6 heteroatoms. The van der Waals surface area contributed by atoms with Gasteiger partial charge in [0.25, 0.3) is 0 Å². The fourth-order valence-corrected chi connectivity index (χ4v) is 3.02. The van der Waals surface area contributed by atoms with E-state index in [-0.39, 0.29) is 5.91 Å². The Kier molecular flexibility index (Phi) is 4.17. The van der Waals surface area contributed by atoms with Gasteiger partial charge in [-0.2, -0.15) is 5.10 Å². The van der Waals surface area contributed by atoms with Gasteiger partial charge < -0.3 is 10.1 Å². The van der Waals surface area contributed by atoms with Crippen LogP contribution in [-0.4, -0.2) is 22.3 Å². The Labute approximate surface area is 127 Å². The molecule has 0 saturated carbocycles. The van der Waals surface area contributed by atoms with Crippen molar-refractivity contribution < 1.29 is 9.53 Å². The molecule has 0 atom stereocenters. The molecule has 110 valence electrons. The van der Waals surface area contributed by atoms with E-state index in [0.717, 1.165) is 29.2 Å². The van der Waals surface area contributed by atoms with Crippen LogP contribution in [0.4, 0.5) is 0 Å². The van der Waals surface area contributed by atoms with E-state index in [4.69, 9.17) is 4.74 Å². The smallest absolute Gasteiger partial charge is 0.244 e. The lowest BCUT2D eigenvalue weighted by molar-refractivity contribution is -0.116. The Morgan fingerprint density at radius 2 is 2.52 bits per heavy atom.